The molecule has 1 atom stereocenters. The summed E-state index contributed by atoms with van der Waals surface area (Å²) in [6.07, 6.45) is 1.99. The summed E-state index contributed by atoms with van der Waals surface area (Å²) in [6.45, 7) is 0. The first kappa shape index (κ1) is 9.86. The monoisotopic (exact) mass is 188 g/mol. The Morgan fingerprint density at radius 3 is 2.50 bits per heavy atom. The Hall–Kier alpha value is -0.220. The Labute approximate surface area is 77.7 Å². The smallest absolute Gasteiger partial charge is 0.238 e. The topological polar surface area (TPSA) is 46.3 Å². The largest absolute Gasteiger partial charge is 0.368 e. The molecule has 0 bridgehead atoms. The van der Waals surface area contributed by atoms with Gasteiger partial charge in [0.15, 0.2) is 0 Å². The van der Waals surface area contributed by atoms with E-state index in [9.17, 15) is 4.79 Å². The van der Waals surface area contributed by atoms with Gasteiger partial charge >= 0.3 is 0 Å². The molecule has 1 aliphatic heterocycles. The standard InChI is InChI=1S/C8H16N2OS/c1-10(2)8(7(9)11)4-3-5-12-6-8/h3-6H2,1-2H3,(H2,9,11). The summed E-state index contributed by atoms with van der Waals surface area (Å²) in [5, 5.41) is 0. The highest BCUT2D eigenvalue weighted by atomic mass is 32.2. The second kappa shape index (κ2) is 3.66. The van der Waals surface area contributed by atoms with Crippen molar-refractivity contribution in [3.05, 3.63) is 0 Å². The quantitative estimate of drug-likeness (QED) is 0.678. The lowest BCUT2D eigenvalue weighted by atomic mass is 9.93. The molecule has 4 heteroatoms. The molecule has 2 N–H and O–H groups in total. The highest BCUT2D eigenvalue weighted by molar-refractivity contribution is 7.99. The number of carbonyl (C=O) groups excluding carboxylic acids is 1. The number of hydrogen-bond donors (Lipinski definition) is 1. The lowest BCUT2D eigenvalue weighted by Gasteiger charge is -2.39. The van der Waals surface area contributed by atoms with Gasteiger partial charge in [0.25, 0.3) is 0 Å². The van der Waals surface area contributed by atoms with Gasteiger partial charge in [0.1, 0.15) is 5.54 Å². The van der Waals surface area contributed by atoms with E-state index in [1.54, 1.807) is 0 Å². The summed E-state index contributed by atoms with van der Waals surface area (Å²) >= 11 is 1.82. The van der Waals surface area contributed by atoms with Gasteiger partial charge in [-0.25, -0.2) is 0 Å². The van der Waals surface area contributed by atoms with Crippen molar-refractivity contribution in [1.82, 2.24) is 4.90 Å². The molecule has 1 fully saturated rings. The predicted molar refractivity (Wildman–Crippen MR) is 52.2 cm³/mol. The van der Waals surface area contributed by atoms with Crippen LogP contribution in [0.3, 0.4) is 0 Å². The molecule has 1 saturated heterocycles. The molecule has 0 radical (unpaired) electrons. The Bertz CT molecular complexity index is 176. The number of nitrogens with two attached hydrogens (primary N) is 1. The minimum Gasteiger partial charge on any atom is -0.368 e. The summed E-state index contributed by atoms with van der Waals surface area (Å²) in [5.74, 6) is 1.82. The Morgan fingerprint density at radius 2 is 2.25 bits per heavy atom. The molecule has 1 aliphatic rings. The van der Waals surface area contributed by atoms with Gasteiger partial charge in [-0.3, -0.25) is 9.69 Å². The molecule has 3 nitrogen and oxygen atoms in total. The third-order valence-electron chi connectivity index (χ3n) is 2.53. The molecule has 1 heterocycles. The van der Waals surface area contributed by atoms with E-state index in [4.69, 9.17) is 5.73 Å². The number of thioether (sulfide) groups is 1. The third kappa shape index (κ3) is 1.59. The van der Waals surface area contributed by atoms with Gasteiger partial charge in [-0.1, -0.05) is 0 Å². The highest BCUT2D eigenvalue weighted by Crippen LogP contribution is 2.30. The first-order valence-corrected chi connectivity index (χ1v) is 5.30. The van der Waals surface area contributed by atoms with Crippen LogP contribution in [0.2, 0.25) is 0 Å². The first-order chi connectivity index (χ1) is 5.59. The molecule has 1 rings (SSSR count). The molecule has 0 spiro atoms. The van der Waals surface area contributed by atoms with E-state index < -0.39 is 0 Å². The van der Waals surface area contributed by atoms with Gasteiger partial charge in [-0.2, -0.15) is 11.8 Å². The van der Waals surface area contributed by atoms with Crippen LogP contribution in [-0.2, 0) is 4.79 Å². The minimum absolute atomic E-state index is 0.181. The van der Waals surface area contributed by atoms with Crippen LogP contribution < -0.4 is 5.73 Å². The average Bonchev–Trinajstić information content (AvgIpc) is 2.05. The van der Waals surface area contributed by atoms with Crippen LogP contribution in [0.5, 0.6) is 0 Å². The van der Waals surface area contributed by atoms with Crippen molar-refractivity contribution in [2.45, 2.75) is 18.4 Å². The van der Waals surface area contributed by atoms with Gasteiger partial charge < -0.3 is 5.73 Å². The van der Waals surface area contributed by atoms with Crippen LogP contribution in [0.15, 0.2) is 0 Å². The molecule has 0 aromatic carbocycles. The number of amides is 1. The maximum absolute atomic E-state index is 11.3. The van der Waals surface area contributed by atoms with Crippen molar-refractivity contribution in [3.8, 4) is 0 Å². The lowest BCUT2D eigenvalue weighted by molar-refractivity contribution is -0.128. The van der Waals surface area contributed by atoms with Crippen LogP contribution >= 0.6 is 11.8 Å². The van der Waals surface area contributed by atoms with Crippen molar-refractivity contribution < 1.29 is 4.79 Å². The van der Waals surface area contributed by atoms with Crippen LogP contribution in [-0.4, -0.2) is 41.9 Å². The zero-order valence-electron chi connectivity index (χ0n) is 7.67. The summed E-state index contributed by atoms with van der Waals surface area (Å²) in [4.78, 5) is 13.2. The molecule has 12 heavy (non-hydrogen) atoms. The SMILES string of the molecule is CN(C)C1(C(N)=O)CCCSC1. The maximum Gasteiger partial charge on any atom is 0.238 e. The summed E-state index contributed by atoms with van der Waals surface area (Å²) < 4.78 is 0. The number of primary amides is 1. The first-order valence-electron chi connectivity index (χ1n) is 4.15. The molecule has 70 valence electrons. The van der Waals surface area contributed by atoms with Gasteiger partial charge in [-0.15, -0.1) is 0 Å². The van der Waals surface area contributed by atoms with Crippen molar-refractivity contribution in [2.24, 2.45) is 5.73 Å². The van der Waals surface area contributed by atoms with E-state index in [-0.39, 0.29) is 11.4 Å². The molecule has 0 aromatic rings. The fourth-order valence-electron chi connectivity index (χ4n) is 1.55. The van der Waals surface area contributed by atoms with Gasteiger partial charge in [0.05, 0.1) is 0 Å². The summed E-state index contributed by atoms with van der Waals surface area (Å²) in [7, 11) is 3.85. The molecule has 1 unspecified atom stereocenters. The van der Waals surface area contributed by atoms with Crippen LogP contribution in [0.1, 0.15) is 12.8 Å². The van der Waals surface area contributed by atoms with Crippen LogP contribution in [0, 0.1) is 0 Å². The van der Waals surface area contributed by atoms with Crippen molar-refractivity contribution >= 4 is 17.7 Å². The lowest BCUT2D eigenvalue weighted by Crippen LogP contribution is -2.57. The number of carbonyl (C=O) groups is 1. The fourth-order valence-corrected chi connectivity index (χ4v) is 2.92. The summed E-state index contributed by atoms with van der Waals surface area (Å²) in [6, 6.07) is 0. The Kier molecular flexibility index (Phi) is 3.01. The highest BCUT2D eigenvalue weighted by Gasteiger charge is 2.40. The molecule has 0 saturated carbocycles. The van der Waals surface area contributed by atoms with E-state index in [2.05, 4.69) is 0 Å². The average molecular weight is 188 g/mol. The van der Waals surface area contributed by atoms with E-state index in [1.165, 1.54) is 0 Å². The number of likely N-dealkylation sites (N-methyl/N-ethyl adjacent to an activating group) is 1. The molecular formula is C8H16N2OS. The Balaban J connectivity index is 2.77. The molecular weight excluding hydrogens is 172 g/mol. The normalized spacial score (nSPS) is 30.6. The van der Waals surface area contributed by atoms with Crippen molar-refractivity contribution in [1.29, 1.82) is 0 Å². The Morgan fingerprint density at radius 1 is 1.58 bits per heavy atom. The third-order valence-corrected chi connectivity index (χ3v) is 3.79. The number of nitrogens with zero attached hydrogens (tertiary/aromatic N) is 1. The van der Waals surface area contributed by atoms with Crippen LogP contribution in [0.25, 0.3) is 0 Å². The minimum atomic E-state index is -0.386. The van der Waals surface area contributed by atoms with Crippen LogP contribution in [0.4, 0.5) is 0 Å². The van der Waals surface area contributed by atoms with E-state index in [1.807, 2.05) is 30.8 Å². The number of rotatable bonds is 2. The van der Waals surface area contributed by atoms with Gasteiger partial charge in [0.2, 0.25) is 5.91 Å². The van der Waals surface area contributed by atoms with E-state index in [0.29, 0.717) is 0 Å². The molecule has 1 amide bonds. The van der Waals surface area contributed by atoms with Gasteiger partial charge in [-0.05, 0) is 32.7 Å². The van der Waals surface area contributed by atoms with Crippen molar-refractivity contribution in [3.63, 3.8) is 0 Å². The van der Waals surface area contributed by atoms with Crippen molar-refractivity contribution in [2.75, 3.05) is 25.6 Å². The zero-order chi connectivity index (χ0) is 9.19. The number of hydrogen-bond acceptors (Lipinski definition) is 3. The second-order valence-corrected chi connectivity index (χ2v) is 4.55. The summed E-state index contributed by atoms with van der Waals surface area (Å²) in [5.41, 5.74) is 5.02. The predicted octanol–water partition coefficient (Wildman–Crippen LogP) is 0.299. The van der Waals surface area contributed by atoms with Gasteiger partial charge in [0, 0.05) is 5.75 Å². The molecule has 0 aromatic heterocycles. The zero-order valence-corrected chi connectivity index (χ0v) is 8.49. The maximum atomic E-state index is 11.3. The molecule has 0 aliphatic carbocycles. The second-order valence-electron chi connectivity index (χ2n) is 3.45. The van der Waals surface area contributed by atoms with E-state index >= 15 is 0 Å². The van der Waals surface area contributed by atoms with E-state index in [0.717, 1.165) is 24.3 Å². The fraction of sp³-hybridized carbons (Fsp3) is 0.875.